The molecule has 116 valence electrons. The number of benzene rings is 3. The molecule has 1 amide bonds. The minimum Gasteiger partial charge on any atom is -0.267 e. The van der Waals surface area contributed by atoms with E-state index in [4.69, 9.17) is 0 Å². The lowest BCUT2D eigenvalue weighted by molar-refractivity contribution is -0.114. The molecule has 0 saturated heterocycles. The van der Waals surface area contributed by atoms with Crippen molar-refractivity contribution in [1.29, 1.82) is 0 Å². The number of carbonyl (C=O) groups is 1. The molecule has 0 spiro atoms. The van der Waals surface area contributed by atoms with Crippen LogP contribution in [0, 0.1) is 0 Å². The Hall–Kier alpha value is -3.20. The van der Waals surface area contributed by atoms with Crippen molar-refractivity contribution in [3.63, 3.8) is 0 Å². The summed E-state index contributed by atoms with van der Waals surface area (Å²) >= 11 is 0. The average molecular weight is 312 g/mol. The van der Waals surface area contributed by atoms with Crippen LogP contribution in [0.2, 0.25) is 0 Å². The van der Waals surface area contributed by atoms with Gasteiger partial charge in [0.2, 0.25) is 0 Å². The highest BCUT2D eigenvalue weighted by molar-refractivity contribution is 6.32. The maximum Gasteiger partial charge on any atom is 0.280 e. The molecule has 0 bridgehead atoms. The largest absolute Gasteiger partial charge is 0.280 e. The Morgan fingerprint density at radius 3 is 2.42 bits per heavy atom. The molecule has 3 nitrogen and oxygen atoms in total. The third-order valence-electron chi connectivity index (χ3n) is 4.19. The van der Waals surface area contributed by atoms with E-state index in [0.29, 0.717) is 5.57 Å². The summed E-state index contributed by atoms with van der Waals surface area (Å²) in [7, 11) is 0. The summed E-state index contributed by atoms with van der Waals surface area (Å²) in [6.45, 7) is 1.87. The fourth-order valence-corrected chi connectivity index (χ4v) is 2.96. The molecule has 0 aliphatic carbocycles. The van der Waals surface area contributed by atoms with Crippen LogP contribution in [0.15, 0.2) is 83.5 Å². The highest BCUT2D eigenvalue weighted by Gasteiger charge is 2.28. The lowest BCUT2D eigenvalue weighted by atomic mass is 10.0. The number of hydrogen-bond acceptors (Lipinski definition) is 2. The van der Waals surface area contributed by atoms with Crippen LogP contribution >= 0.6 is 0 Å². The van der Waals surface area contributed by atoms with E-state index in [1.54, 1.807) is 0 Å². The number of para-hydroxylation sites is 1. The fourth-order valence-electron chi connectivity index (χ4n) is 2.96. The summed E-state index contributed by atoms with van der Waals surface area (Å²) in [5.41, 5.74) is 3.18. The van der Waals surface area contributed by atoms with Gasteiger partial charge < -0.3 is 0 Å². The first-order chi connectivity index (χ1) is 11.7. The first kappa shape index (κ1) is 14.4. The number of nitrogens with zero attached hydrogens (tertiary/aromatic N) is 2. The Labute approximate surface area is 140 Å². The van der Waals surface area contributed by atoms with E-state index in [1.165, 1.54) is 5.01 Å². The van der Waals surface area contributed by atoms with Gasteiger partial charge in [0.1, 0.15) is 0 Å². The molecule has 1 heterocycles. The van der Waals surface area contributed by atoms with Crippen LogP contribution in [-0.2, 0) is 4.79 Å². The lowest BCUT2D eigenvalue weighted by Crippen LogP contribution is -2.21. The maximum atomic E-state index is 12.8. The van der Waals surface area contributed by atoms with Crippen molar-refractivity contribution in [2.75, 3.05) is 5.01 Å². The van der Waals surface area contributed by atoms with E-state index in [-0.39, 0.29) is 5.91 Å². The third kappa shape index (κ3) is 2.40. The maximum absolute atomic E-state index is 12.8. The van der Waals surface area contributed by atoms with Crippen LogP contribution in [0.5, 0.6) is 0 Å². The molecule has 0 atom stereocenters. The van der Waals surface area contributed by atoms with Crippen molar-refractivity contribution in [2.45, 2.75) is 6.92 Å². The second-order valence-corrected chi connectivity index (χ2v) is 5.76. The minimum absolute atomic E-state index is 0.0911. The summed E-state index contributed by atoms with van der Waals surface area (Å²) < 4.78 is 0. The Kier molecular flexibility index (Phi) is 3.47. The van der Waals surface area contributed by atoms with Gasteiger partial charge in [-0.15, -0.1) is 0 Å². The number of fused-ring (bicyclic) bond motifs is 1. The number of hydrazone groups is 1. The van der Waals surface area contributed by atoms with Crippen molar-refractivity contribution >= 4 is 34.2 Å². The molecule has 0 radical (unpaired) electrons. The normalized spacial score (nSPS) is 16.0. The molecular formula is C21H16N2O. The molecular weight excluding hydrogens is 296 g/mol. The zero-order chi connectivity index (χ0) is 16.5. The van der Waals surface area contributed by atoms with E-state index in [0.717, 1.165) is 27.7 Å². The quantitative estimate of drug-likeness (QED) is 0.634. The zero-order valence-corrected chi connectivity index (χ0v) is 13.3. The molecule has 0 N–H and O–H groups in total. The van der Waals surface area contributed by atoms with E-state index in [2.05, 4.69) is 23.3 Å². The summed E-state index contributed by atoms with van der Waals surface area (Å²) in [4.78, 5) is 12.8. The Balaban J connectivity index is 1.78. The van der Waals surface area contributed by atoms with Gasteiger partial charge in [-0.05, 0) is 41.5 Å². The van der Waals surface area contributed by atoms with Gasteiger partial charge in [0.05, 0.1) is 17.0 Å². The van der Waals surface area contributed by atoms with Gasteiger partial charge in [0.25, 0.3) is 5.91 Å². The van der Waals surface area contributed by atoms with Gasteiger partial charge in [0, 0.05) is 0 Å². The average Bonchev–Trinajstić information content (AvgIpc) is 2.91. The van der Waals surface area contributed by atoms with E-state index in [1.807, 2.05) is 67.6 Å². The predicted molar refractivity (Wildman–Crippen MR) is 99.0 cm³/mol. The van der Waals surface area contributed by atoms with Crippen molar-refractivity contribution in [1.82, 2.24) is 0 Å². The van der Waals surface area contributed by atoms with Crippen LogP contribution < -0.4 is 5.01 Å². The molecule has 0 saturated carbocycles. The second kappa shape index (κ2) is 5.78. The highest BCUT2D eigenvalue weighted by atomic mass is 16.2. The molecule has 0 fully saturated rings. The minimum atomic E-state index is -0.0911. The third-order valence-corrected chi connectivity index (χ3v) is 4.19. The van der Waals surface area contributed by atoms with Crippen LogP contribution in [0.25, 0.3) is 16.8 Å². The number of carbonyl (C=O) groups excluding carboxylic acids is 1. The van der Waals surface area contributed by atoms with Gasteiger partial charge in [0.15, 0.2) is 0 Å². The molecule has 3 aromatic carbocycles. The summed E-state index contributed by atoms with van der Waals surface area (Å²) in [6, 6.07) is 23.8. The van der Waals surface area contributed by atoms with Crippen LogP contribution in [0.1, 0.15) is 12.5 Å². The molecule has 24 heavy (non-hydrogen) atoms. The Bertz CT molecular complexity index is 982. The lowest BCUT2D eigenvalue weighted by Gasteiger charge is -2.11. The predicted octanol–water partition coefficient (Wildman–Crippen LogP) is 4.65. The first-order valence-corrected chi connectivity index (χ1v) is 7.88. The van der Waals surface area contributed by atoms with Crippen LogP contribution in [-0.4, -0.2) is 11.6 Å². The smallest absolute Gasteiger partial charge is 0.267 e. The Morgan fingerprint density at radius 2 is 1.58 bits per heavy atom. The number of anilines is 1. The standard InChI is InChI=1S/C21H16N2O/c1-15-20(21(24)23(22-15)18-11-3-2-4-12-18)14-17-10-7-9-16-8-5-6-13-19(16)17/h2-14H,1H3/b20-14+. The SMILES string of the molecule is CC1=NN(c2ccccc2)C(=O)/C1=C/c1cccc2ccccc12. The topological polar surface area (TPSA) is 32.7 Å². The monoisotopic (exact) mass is 312 g/mol. The van der Waals surface area contributed by atoms with Gasteiger partial charge >= 0.3 is 0 Å². The molecule has 0 unspecified atom stereocenters. The first-order valence-electron chi connectivity index (χ1n) is 7.88. The summed E-state index contributed by atoms with van der Waals surface area (Å²) in [5, 5.41) is 8.18. The second-order valence-electron chi connectivity index (χ2n) is 5.76. The zero-order valence-electron chi connectivity index (χ0n) is 13.3. The van der Waals surface area contributed by atoms with Crippen molar-refractivity contribution in [3.8, 4) is 0 Å². The van der Waals surface area contributed by atoms with Crippen molar-refractivity contribution < 1.29 is 4.79 Å². The highest BCUT2D eigenvalue weighted by Crippen LogP contribution is 2.27. The van der Waals surface area contributed by atoms with Gasteiger partial charge in [-0.2, -0.15) is 10.1 Å². The van der Waals surface area contributed by atoms with Crippen LogP contribution in [0.4, 0.5) is 5.69 Å². The number of hydrogen-bond donors (Lipinski definition) is 0. The molecule has 0 aromatic heterocycles. The van der Waals surface area contributed by atoms with Gasteiger partial charge in [-0.1, -0.05) is 60.7 Å². The van der Waals surface area contributed by atoms with Crippen molar-refractivity contribution in [2.24, 2.45) is 5.10 Å². The molecule has 1 aliphatic heterocycles. The molecule has 1 aliphatic rings. The number of rotatable bonds is 2. The van der Waals surface area contributed by atoms with E-state index in [9.17, 15) is 4.79 Å². The Morgan fingerprint density at radius 1 is 0.875 bits per heavy atom. The van der Waals surface area contributed by atoms with E-state index >= 15 is 0 Å². The fraction of sp³-hybridized carbons (Fsp3) is 0.0476. The van der Waals surface area contributed by atoms with E-state index < -0.39 is 0 Å². The molecule has 4 rings (SSSR count). The van der Waals surface area contributed by atoms with Gasteiger partial charge in [-0.3, -0.25) is 4.79 Å². The summed E-state index contributed by atoms with van der Waals surface area (Å²) in [5.74, 6) is -0.0911. The van der Waals surface area contributed by atoms with Crippen LogP contribution in [0.3, 0.4) is 0 Å². The molecule has 3 aromatic rings. The molecule has 3 heteroatoms. The van der Waals surface area contributed by atoms with Crippen molar-refractivity contribution in [3.05, 3.63) is 83.9 Å². The number of amides is 1. The summed E-state index contributed by atoms with van der Waals surface area (Å²) in [6.07, 6.45) is 1.94. The van der Waals surface area contributed by atoms with Gasteiger partial charge in [-0.25, -0.2) is 0 Å².